The van der Waals surface area contributed by atoms with Gasteiger partial charge in [0.2, 0.25) is 5.78 Å². The maximum atomic E-state index is 10.8. The first-order valence-corrected chi connectivity index (χ1v) is 5.73. The number of rotatable bonds is 2. The van der Waals surface area contributed by atoms with E-state index in [9.17, 15) is 9.59 Å². The Morgan fingerprint density at radius 2 is 2.06 bits per heavy atom. The zero-order valence-electron chi connectivity index (χ0n) is 8.75. The molecule has 0 aromatic carbocycles. The first kappa shape index (κ1) is 13.0. The Morgan fingerprint density at radius 3 is 2.38 bits per heavy atom. The second-order valence-electron chi connectivity index (χ2n) is 3.33. The van der Waals surface area contributed by atoms with Gasteiger partial charge in [-0.2, -0.15) is 0 Å². The summed E-state index contributed by atoms with van der Waals surface area (Å²) in [6.07, 6.45) is 5.67. The van der Waals surface area contributed by atoms with E-state index in [4.69, 9.17) is 0 Å². The van der Waals surface area contributed by atoms with Crippen LogP contribution in [0.15, 0.2) is 30.6 Å². The van der Waals surface area contributed by atoms with Gasteiger partial charge in [-0.3, -0.25) is 14.6 Å². The van der Waals surface area contributed by atoms with Crippen LogP contribution in [-0.4, -0.2) is 33.6 Å². The van der Waals surface area contributed by atoms with Crippen LogP contribution < -0.4 is 0 Å². The Bertz CT molecular complexity index is 305. The van der Waals surface area contributed by atoms with Gasteiger partial charge in [0.15, 0.2) is 6.29 Å². The van der Waals surface area contributed by atoms with Gasteiger partial charge in [-0.1, -0.05) is 6.07 Å². The Balaban J connectivity index is 0.000000181. The summed E-state index contributed by atoms with van der Waals surface area (Å²) >= 11 is 3.20. The fourth-order valence-electron chi connectivity index (χ4n) is 1.40. The number of nitrogens with zero attached hydrogens (tertiary/aromatic N) is 2. The molecule has 5 heteroatoms. The summed E-state index contributed by atoms with van der Waals surface area (Å²) in [6, 6.07) is 5.50. The van der Waals surface area contributed by atoms with Crippen LogP contribution in [0.4, 0.5) is 0 Å². The molecular weight excluding hydrogens is 272 g/mol. The van der Waals surface area contributed by atoms with Gasteiger partial charge in [-0.25, -0.2) is 3.93 Å². The summed E-state index contributed by atoms with van der Waals surface area (Å²) in [4.78, 5) is 24.6. The molecule has 1 saturated heterocycles. The number of ketones is 1. The van der Waals surface area contributed by atoms with Crippen LogP contribution in [0.2, 0.25) is 0 Å². The Labute approximate surface area is 103 Å². The van der Waals surface area contributed by atoms with E-state index < -0.39 is 0 Å². The second-order valence-corrected chi connectivity index (χ2v) is 4.24. The van der Waals surface area contributed by atoms with E-state index in [0.29, 0.717) is 6.29 Å². The standard InChI is InChI=1S/C6H8BrNO2.C5H5N/c7-8-3-1-2-5(8)6(10)4-9;1-2-4-6-5-3-1/h4-5H,1-3H2;1-5H. The van der Waals surface area contributed by atoms with Crippen molar-refractivity contribution in [3.8, 4) is 0 Å². The lowest BCUT2D eigenvalue weighted by atomic mass is 10.1. The lowest BCUT2D eigenvalue weighted by Gasteiger charge is -2.11. The van der Waals surface area contributed by atoms with Crippen molar-refractivity contribution in [3.05, 3.63) is 30.6 Å². The highest BCUT2D eigenvalue weighted by molar-refractivity contribution is 9.07. The molecule has 4 nitrogen and oxygen atoms in total. The van der Waals surface area contributed by atoms with Crippen LogP contribution in [0.25, 0.3) is 0 Å². The monoisotopic (exact) mass is 284 g/mol. The molecule has 0 bridgehead atoms. The first-order chi connectivity index (χ1) is 7.75. The molecule has 1 aliphatic heterocycles. The van der Waals surface area contributed by atoms with E-state index in [1.807, 2.05) is 18.2 Å². The Morgan fingerprint density at radius 1 is 1.38 bits per heavy atom. The van der Waals surface area contributed by atoms with Gasteiger partial charge < -0.3 is 0 Å². The molecule has 1 unspecified atom stereocenters. The number of hydrogen-bond donors (Lipinski definition) is 0. The highest BCUT2D eigenvalue weighted by Crippen LogP contribution is 2.20. The number of carbonyl (C=O) groups is 2. The van der Waals surface area contributed by atoms with E-state index in [1.54, 1.807) is 16.3 Å². The molecule has 0 radical (unpaired) electrons. The van der Waals surface area contributed by atoms with Crippen LogP contribution in [0, 0.1) is 0 Å². The van der Waals surface area contributed by atoms with Crippen molar-refractivity contribution in [2.24, 2.45) is 0 Å². The predicted octanol–water partition coefficient (Wildman–Crippen LogP) is 1.61. The van der Waals surface area contributed by atoms with E-state index in [-0.39, 0.29) is 11.8 Å². The molecule has 0 saturated carbocycles. The molecule has 0 amide bonds. The summed E-state index contributed by atoms with van der Waals surface area (Å²) in [7, 11) is 0. The quantitative estimate of drug-likeness (QED) is 0.470. The lowest BCUT2D eigenvalue weighted by molar-refractivity contribution is -0.131. The third-order valence-corrected chi connectivity index (χ3v) is 3.05. The molecule has 1 fully saturated rings. The van der Waals surface area contributed by atoms with Gasteiger partial charge in [-0.15, -0.1) is 0 Å². The van der Waals surface area contributed by atoms with Crippen LogP contribution in [-0.2, 0) is 9.59 Å². The van der Waals surface area contributed by atoms with Gasteiger partial charge in [0.25, 0.3) is 0 Å². The van der Waals surface area contributed by atoms with Crippen LogP contribution in [0.5, 0.6) is 0 Å². The normalized spacial score (nSPS) is 19.7. The third-order valence-electron chi connectivity index (χ3n) is 2.20. The summed E-state index contributed by atoms with van der Waals surface area (Å²) in [5, 5.41) is 0. The van der Waals surface area contributed by atoms with Gasteiger partial charge >= 0.3 is 0 Å². The minimum Gasteiger partial charge on any atom is -0.295 e. The molecule has 1 aliphatic rings. The molecule has 0 N–H and O–H groups in total. The van der Waals surface area contributed by atoms with E-state index in [2.05, 4.69) is 21.1 Å². The maximum absolute atomic E-state index is 10.8. The first-order valence-electron chi connectivity index (χ1n) is 5.02. The molecule has 2 rings (SSSR count). The van der Waals surface area contributed by atoms with Crippen molar-refractivity contribution in [1.29, 1.82) is 0 Å². The molecule has 2 heterocycles. The van der Waals surface area contributed by atoms with Crippen molar-refractivity contribution >= 4 is 28.2 Å². The molecule has 0 aliphatic carbocycles. The van der Waals surface area contributed by atoms with Gasteiger partial charge in [0, 0.05) is 35.1 Å². The van der Waals surface area contributed by atoms with Crippen LogP contribution in [0.1, 0.15) is 12.8 Å². The van der Waals surface area contributed by atoms with Gasteiger partial charge in [-0.05, 0) is 25.0 Å². The van der Waals surface area contributed by atoms with Crippen LogP contribution >= 0.6 is 16.1 Å². The lowest BCUT2D eigenvalue weighted by Crippen LogP contribution is -2.29. The Hall–Kier alpha value is -1.07. The van der Waals surface area contributed by atoms with Gasteiger partial charge in [0.1, 0.15) is 0 Å². The summed E-state index contributed by atoms with van der Waals surface area (Å²) < 4.78 is 1.74. The average molecular weight is 285 g/mol. The maximum Gasteiger partial charge on any atom is 0.213 e. The number of pyridine rings is 1. The fourth-order valence-corrected chi connectivity index (χ4v) is 2.06. The fraction of sp³-hybridized carbons (Fsp3) is 0.364. The zero-order chi connectivity index (χ0) is 11.8. The molecule has 1 atom stereocenters. The summed E-state index contributed by atoms with van der Waals surface area (Å²) in [6.45, 7) is 0.851. The number of carbonyl (C=O) groups excluding carboxylic acids is 2. The smallest absolute Gasteiger partial charge is 0.213 e. The molecule has 1 aromatic rings. The van der Waals surface area contributed by atoms with Crippen molar-refractivity contribution in [2.75, 3.05) is 6.54 Å². The van der Waals surface area contributed by atoms with Gasteiger partial charge in [0.05, 0.1) is 6.04 Å². The average Bonchev–Trinajstić information content (AvgIpc) is 2.78. The number of hydrogen-bond acceptors (Lipinski definition) is 4. The topological polar surface area (TPSA) is 50.3 Å². The number of Topliss-reactive ketones (excluding diaryl/α,β-unsaturated/α-hetero) is 1. The highest BCUT2D eigenvalue weighted by atomic mass is 79.9. The van der Waals surface area contributed by atoms with Crippen molar-refractivity contribution in [1.82, 2.24) is 8.91 Å². The molecule has 0 spiro atoms. The largest absolute Gasteiger partial charge is 0.295 e. The van der Waals surface area contributed by atoms with E-state index in [1.165, 1.54) is 0 Å². The molecule has 16 heavy (non-hydrogen) atoms. The highest BCUT2D eigenvalue weighted by Gasteiger charge is 2.28. The SMILES string of the molecule is O=CC(=O)C1CCCN1Br.c1ccncc1. The minimum atomic E-state index is -0.325. The molecule has 1 aromatic heterocycles. The van der Waals surface area contributed by atoms with Crippen molar-refractivity contribution < 1.29 is 9.59 Å². The number of aromatic nitrogens is 1. The molecule has 86 valence electrons. The number of halogens is 1. The molecular formula is C11H13BrN2O2. The predicted molar refractivity (Wildman–Crippen MR) is 64.0 cm³/mol. The Kier molecular flexibility index (Phi) is 5.88. The third kappa shape index (κ3) is 4.20. The van der Waals surface area contributed by atoms with Crippen LogP contribution in [0.3, 0.4) is 0 Å². The van der Waals surface area contributed by atoms with Crippen molar-refractivity contribution in [3.63, 3.8) is 0 Å². The second kappa shape index (κ2) is 7.24. The number of aldehydes is 1. The van der Waals surface area contributed by atoms with E-state index in [0.717, 1.165) is 19.4 Å². The summed E-state index contributed by atoms with van der Waals surface area (Å²) in [5.41, 5.74) is 0. The van der Waals surface area contributed by atoms with Crippen molar-refractivity contribution in [2.45, 2.75) is 18.9 Å². The zero-order valence-corrected chi connectivity index (χ0v) is 10.3. The van der Waals surface area contributed by atoms with E-state index >= 15 is 0 Å². The minimum absolute atomic E-state index is 0.211. The summed E-state index contributed by atoms with van der Waals surface area (Å²) in [5.74, 6) is -0.325.